The molecule has 1 N–H and O–H groups in total. The largest absolute Gasteiger partial charge is 0.483 e. The summed E-state index contributed by atoms with van der Waals surface area (Å²) in [6, 6.07) is 13.4. The summed E-state index contributed by atoms with van der Waals surface area (Å²) in [6.45, 7) is 5.25. The first kappa shape index (κ1) is 20.2. The molecule has 1 atom stereocenters. The number of carboxylic acid groups (broad SMARTS) is 1. The molecule has 29 heavy (non-hydrogen) atoms. The first-order valence-corrected chi connectivity index (χ1v) is 9.35. The summed E-state index contributed by atoms with van der Waals surface area (Å²) in [5.41, 5.74) is 1.64. The van der Waals surface area contributed by atoms with Gasteiger partial charge in [-0.3, -0.25) is 14.6 Å². The van der Waals surface area contributed by atoms with Gasteiger partial charge in [0, 0.05) is 30.1 Å². The number of carbonyl (C=O) groups is 2. The summed E-state index contributed by atoms with van der Waals surface area (Å²) in [6.07, 6.45) is 3.30. The van der Waals surface area contributed by atoms with Crippen molar-refractivity contribution in [3.05, 3.63) is 66.2 Å². The molecule has 0 saturated carbocycles. The van der Waals surface area contributed by atoms with Crippen LogP contribution in [0.25, 0.3) is 11.4 Å². The maximum atomic E-state index is 13.0. The molecule has 0 unspecified atom stereocenters. The number of carbonyl (C=O) groups excluding carboxylic acids is 1. The van der Waals surface area contributed by atoms with E-state index in [1.54, 1.807) is 24.5 Å². The van der Waals surface area contributed by atoms with Crippen molar-refractivity contribution in [2.24, 2.45) is 5.92 Å². The van der Waals surface area contributed by atoms with Gasteiger partial charge in [0.05, 0.1) is 12.6 Å². The van der Waals surface area contributed by atoms with Crippen LogP contribution in [0.2, 0.25) is 0 Å². The highest BCUT2D eigenvalue weighted by Gasteiger charge is 2.36. The van der Waals surface area contributed by atoms with Crippen molar-refractivity contribution in [3.8, 4) is 11.4 Å². The highest BCUT2D eigenvalue weighted by Crippen LogP contribution is 2.33. The Balaban J connectivity index is 0.000000755. The lowest BCUT2D eigenvalue weighted by Crippen LogP contribution is -2.44. The average Bonchev–Trinajstić information content (AvgIpc) is 3.18. The van der Waals surface area contributed by atoms with Gasteiger partial charge in [-0.2, -0.15) is 5.10 Å². The minimum atomic E-state index is -0.250. The Bertz CT molecular complexity index is 957. The first-order valence-electron chi connectivity index (χ1n) is 9.35. The van der Waals surface area contributed by atoms with E-state index >= 15 is 0 Å². The molecule has 4 rings (SSSR count). The van der Waals surface area contributed by atoms with Crippen molar-refractivity contribution in [1.82, 2.24) is 24.6 Å². The maximum absolute atomic E-state index is 13.0. The van der Waals surface area contributed by atoms with Gasteiger partial charge in [-0.05, 0) is 18.1 Å². The molecule has 1 aliphatic heterocycles. The van der Waals surface area contributed by atoms with E-state index in [1.165, 1.54) is 0 Å². The van der Waals surface area contributed by atoms with Crippen LogP contribution in [0.5, 0.6) is 0 Å². The van der Waals surface area contributed by atoms with Gasteiger partial charge in [-0.25, -0.2) is 9.67 Å². The molecule has 0 spiro atoms. The Morgan fingerprint density at radius 1 is 1.14 bits per heavy atom. The molecule has 0 saturated heterocycles. The van der Waals surface area contributed by atoms with Crippen LogP contribution < -0.4 is 0 Å². The van der Waals surface area contributed by atoms with E-state index in [4.69, 9.17) is 14.9 Å². The minimum absolute atomic E-state index is 0.0154. The SMILES string of the molecule is CC(C)[C@H]1c2nc(-c3ccccc3)nn2CCN1C(=O)c1ccncc1.O=CO. The number of rotatable bonds is 3. The van der Waals surface area contributed by atoms with Crippen LogP contribution >= 0.6 is 0 Å². The molecule has 0 radical (unpaired) electrons. The van der Waals surface area contributed by atoms with Gasteiger partial charge in [0.15, 0.2) is 11.6 Å². The lowest BCUT2D eigenvalue weighted by molar-refractivity contribution is -0.122. The Morgan fingerprint density at radius 3 is 2.41 bits per heavy atom. The summed E-state index contributed by atoms with van der Waals surface area (Å²) < 4.78 is 1.95. The van der Waals surface area contributed by atoms with E-state index in [1.807, 2.05) is 39.9 Å². The van der Waals surface area contributed by atoms with E-state index in [2.05, 4.69) is 23.9 Å². The molecule has 2 aromatic heterocycles. The average molecular weight is 393 g/mol. The number of fused-ring (bicyclic) bond motifs is 1. The lowest BCUT2D eigenvalue weighted by Gasteiger charge is -2.37. The van der Waals surface area contributed by atoms with Crippen molar-refractivity contribution in [2.45, 2.75) is 26.4 Å². The zero-order chi connectivity index (χ0) is 20.8. The number of hydrogen-bond donors (Lipinski definition) is 1. The fraction of sp³-hybridized carbons (Fsp3) is 0.286. The highest BCUT2D eigenvalue weighted by atomic mass is 16.3. The number of benzene rings is 1. The molecule has 1 aliphatic rings. The van der Waals surface area contributed by atoms with E-state index in [0.29, 0.717) is 24.5 Å². The monoisotopic (exact) mass is 393 g/mol. The number of nitrogens with zero attached hydrogens (tertiary/aromatic N) is 5. The van der Waals surface area contributed by atoms with Crippen molar-refractivity contribution < 1.29 is 14.7 Å². The van der Waals surface area contributed by atoms with Crippen LogP contribution in [0.15, 0.2) is 54.9 Å². The van der Waals surface area contributed by atoms with Gasteiger partial charge in [0.1, 0.15) is 0 Å². The van der Waals surface area contributed by atoms with Gasteiger partial charge < -0.3 is 10.0 Å². The van der Waals surface area contributed by atoms with Crippen LogP contribution in [0, 0.1) is 5.92 Å². The van der Waals surface area contributed by atoms with Crippen molar-refractivity contribution in [3.63, 3.8) is 0 Å². The van der Waals surface area contributed by atoms with E-state index in [-0.39, 0.29) is 24.3 Å². The topological polar surface area (TPSA) is 101 Å². The van der Waals surface area contributed by atoms with Crippen molar-refractivity contribution in [1.29, 1.82) is 0 Å². The molecule has 0 bridgehead atoms. The zero-order valence-electron chi connectivity index (χ0n) is 16.3. The van der Waals surface area contributed by atoms with Gasteiger partial charge in [0.2, 0.25) is 0 Å². The molecule has 3 heterocycles. The standard InChI is InChI=1S/C20H21N5O.CH2O2/c1-14(2)17-19-22-18(15-6-4-3-5-7-15)23-25(19)13-12-24(17)20(26)16-8-10-21-11-9-16;2-1-3/h3-11,14,17H,12-13H2,1-2H3;1H,(H,2,3)/t17-;/m0./s1. The quantitative estimate of drug-likeness (QED) is 0.687. The Hall–Kier alpha value is -3.55. The molecule has 3 aromatic rings. The molecule has 0 aliphatic carbocycles. The molecule has 150 valence electrons. The molecular weight excluding hydrogens is 370 g/mol. The normalized spacial score (nSPS) is 15.3. The summed E-state index contributed by atoms with van der Waals surface area (Å²) >= 11 is 0. The Kier molecular flexibility index (Phi) is 6.33. The molecule has 8 nitrogen and oxygen atoms in total. The van der Waals surface area contributed by atoms with Crippen LogP contribution in [-0.4, -0.2) is 48.7 Å². The maximum Gasteiger partial charge on any atom is 0.290 e. The third-order valence-electron chi connectivity index (χ3n) is 4.70. The molecular formula is C21H23N5O3. The second kappa shape index (κ2) is 9.09. The van der Waals surface area contributed by atoms with Gasteiger partial charge in [-0.15, -0.1) is 0 Å². The van der Waals surface area contributed by atoms with Crippen LogP contribution in [0.4, 0.5) is 0 Å². The Morgan fingerprint density at radius 2 is 1.79 bits per heavy atom. The van der Waals surface area contributed by atoms with Crippen LogP contribution in [0.1, 0.15) is 36.1 Å². The summed E-state index contributed by atoms with van der Waals surface area (Å²) in [7, 11) is 0. The van der Waals surface area contributed by atoms with Gasteiger partial charge >= 0.3 is 0 Å². The molecule has 1 aromatic carbocycles. The van der Waals surface area contributed by atoms with Crippen LogP contribution in [-0.2, 0) is 11.3 Å². The third kappa shape index (κ3) is 4.31. The van der Waals surface area contributed by atoms with Crippen molar-refractivity contribution >= 4 is 12.4 Å². The van der Waals surface area contributed by atoms with E-state index in [9.17, 15) is 4.79 Å². The van der Waals surface area contributed by atoms with Crippen molar-refractivity contribution in [2.75, 3.05) is 6.54 Å². The number of aromatic nitrogens is 4. The predicted molar refractivity (Wildman–Crippen MR) is 107 cm³/mol. The van der Waals surface area contributed by atoms with Gasteiger partial charge in [-0.1, -0.05) is 44.2 Å². The Labute approximate surface area is 168 Å². The summed E-state index contributed by atoms with van der Waals surface area (Å²) in [4.78, 5) is 32.1. The smallest absolute Gasteiger partial charge is 0.290 e. The molecule has 0 fully saturated rings. The van der Waals surface area contributed by atoms with E-state index in [0.717, 1.165) is 11.4 Å². The number of pyridine rings is 1. The number of hydrogen-bond acceptors (Lipinski definition) is 5. The zero-order valence-corrected chi connectivity index (χ0v) is 16.3. The number of amides is 1. The molecule has 8 heteroatoms. The molecule has 1 amide bonds. The summed E-state index contributed by atoms with van der Waals surface area (Å²) in [5.74, 6) is 1.81. The fourth-order valence-corrected chi connectivity index (χ4v) is 3.47. The summed E-state index contributed by atoms with van der Waals surface area (Å²) in [5, 5.41) is 11.6. The van der Waals surface area contributed by atoms with E-state index < -0.39 is 0 Å². The lowest BCUT2D eigenvalue weighted by atomic mass is 9.99. The highest BCUT2D eigenvalue weighted by molar-refractivity contribution is 5.94. The van der Waals surface area contributed by atoms with Gasteiger partial charge in [0.25, 0.3) is 12.4 Å². The fourth-order valence-electron chi connectivity index (χ4n) is 3.47. The predicted octanol–water partition coefficient (Wildman–Crippen LogP) is 2.89. The first-order chi connectivity index (χ1) is 14.1. The minimum Gasteiger partial charge on any atom is -0.483 e. The third-order valence-corrected chi connectivity index (χ3v) is 4.70. The second-order valence-corrected chi connectivity index (χ2v) is 6.91. The second-order valence-electron chi connectivity index (χ2n) is 6.91. The van der Waals surface area contributed by atoms with Crippen LogP contribution in [0.3, 0.4) is 0 Å².